The van der Waals surface area contributed by atoms with Gasteiger partial charge in [-0.1, -0.05) is 13.0 Å². The van der Waals surface area contributed by atoms with Crippen LogP contribution in [-0.4, -0.2) is 19.5 Å². The molecular weight excluding hydrogens is 242 g/mol. The first kappa shape index (κ1) is 14.2. The van der Waals surface area contributed by atoms with Crippen molar-refractivity contribution in [2.45, 2.75) is 20.0 Å². The molecule has 0 spiro atoms. The van der Waals surface area contributed by atoms with Gasteiger partial charge in [-0.15, -0.1) is 0 Å². The van der Waals surface area contributed by atoms with Gasteiger partial charge in [-0.25, -0.2) is 0 Å². The standard InChI is InChI=1S/C13H14F2O3/c1-3-4-5-10(16)9-6-7-11(18-13(14)15)12(8-9)17-2/h4-8,13H,3H2,1-2H3/b5-4+. The predicted octanol–water partition coefficient (Wildman–Crippen LogP) is 3.45. The van der Waals surface area contributed by atoms with Crippen LogP contribution in [0.15, 0.2) is 30.4 Å². The van der Waals surface area contributed by atoms with E-state index in [2.05, 4.69) is 4.74 Å². The SMILES string of the molecule is CC/C=C/C(=O)c1ccc(OC(F)F)c(OC)c1. The fourth-order valence-corrected chi connectivity index (χ4v) is 1.34. The van der Waals surface area contributed by atoms with Crippen LogP contribution in [0, 0.1) is 0 Å². The van der Waals surface area contributed by atoms with Crippen LogP contribution in [0.1, 0.15) is 23.7 Å². The number of carbonyl (C=O) groups is 1. The third kappa shape index (κ3) is 3.84. The first-order valence-corrected chi connectivity index (χ1v) is 5.42. The van der Waals surface area contributed by atoms with Gasteiger partial charge in [0.2, 0.25) is 0 Å². The highest BCUT2D eigenvalue weighted by Gasteiger charge is 2.12. The molecule has 1 aromatic rings. The Kier molecular flexibility index (Phi) is 5.30. The Morgan fingerprint density at radius 3 is 2.67 bits per heavy atom. The quantitative estimate of drug-likeness (QED) is 0.577. The number of methoxy groups -OCH3 is 1. The van der Waals surface area contributed by atoms with Crippen LogP contribution in [-0.2, 0) is 0 Å². The Morgan fingerprint density at radius 2 is 2.11 bits per heavy atom. The van der Waals surface area contributed by atoms with E-state index in [-0.39, 0.29) is 17.3 Å². The minimum absolute atomic E-state index is 0.0940. The third-order valence-corrected chi connectivity index (χ3v) is 2.17. The van der Waals surface area contributed by atoms with Gasteiger partial charge in [0.15, 0.2) is 17.3 Å². The molecule has 1 rings (SSSR count). The van der Waals surface area contributed by atoms with Crippen molar-refractivity contribution in [3.05, 3.63) is 35.9 Å². The van der Waals surface area contributed by atoms with Gasteiger partial charge < -0.3 is 9.47 Å². The van der Waals surface area contributed by atoms with Crippen LogP contribution in [0.5, 0.6) is 11.5 Å². The summed E-state index contributed by atoms with van der Waals surface area (Å²) in [6.45, 7) is -1.02. The van der Waals surface area contributed by atoms with E-state index in [1.54, 1.807) is 6.08 Å². The molecular formula is C13H14F2O3. The molecule has 0 heterocycles. The van der Waals surface area contributed by atoms with E-state index >= 15 is 0 Å². The molecule has 0 N–H and O–H groups in total. The number of halogens is 2. The summed E-state index contributed by atoms with van der Waals surface area (Å²) in [6.07, 6.45) is 3.90. The fourth-order valence-electron chi connectivity index (χ4n) is 1.34. The summed E-state index contributed by atoms with van der Waals surface area (Å²) in [5, 5.41) is 0. The van der Waals surface area contributed by atoms with Crippen LogP contribution in [0.25, 0.3) is 0 Å². The summed E-state index contributed by atoms with van der Waals surface area (Å²) < 4.78 is 33.4. The van der Waals surface area contributed by atoms with E-state index in [0.717, 1.165) is 6.42 Å². The number of ether oxygens (including phenoxy) is 2. The lowest BCUT2D eigenvalue weighted by Gasteiger charge is -2.10. The Balaban J connectivity index is 2.97. The average Bonchev–Trinajstić information content (AvgIpc) is 2.35. The first-order chi connectivity index (χ1) is 8.58. The van der Waals surface area contributed by atoms with Crippen molar-refractivity contribution in [3.8, 4) is 11.5 Å². The van der Waals surface area contributed by atoms with Crippen LogP contribution >= 0.6 is 0 Å². The number of rotatable bonds is 6. The fraction of sp³-hybridized carbons (Fsp3) is 0.308. The molecule has 0 amide bonds. The number of hydrogen-bond acceptors (Lipinski definition) is 3. The molecule has 0 saturated carbocycles. The van der Waals surface area contributed by atoms with Crippen molar-refractivity contribution in [3.63, 3.8) is 0 Å². The number of hydrogen-bond donors (Lipinski definition) is 0. The molecule has 0 bridgehead atoms. The molecule has 0 saturated heterocycles. The van der Waals surface area contributed by atoms with Gasteiger partial charge in [0, 0.05) is 5.56 Å². The zero-order valence-corrected chi connectivity index (χ0v) is 10.2. The topological polar surface area (TPSA) is 35.5 Å². The molecule has 0 aliphatic heterocycles. The minimum atomic E-state index is -2.93. The van der Waals surface area contributed by atoms with Gasteiger partial charge in [-0.3, -0.25) is 4.79 Å². The zero-order valence-electron chi connectivity index (χ0n) is 10.2. The summed E-state index contributed by atoms with van der Waals surface area (Å²) in [7, 11) is 1.32. The van der Waals surface area contributed by atoms with E-state index in [4.69, 9.17) is 4.74 Å². The van der Waals surface area contributed by atoms with Gasteiger partial charge in [-0.05, 0) is 30.7 Å². The van der Waals surface area contributed by atoms with Crippen molar-refractivity contribution in [2.75, 3.05) is 7.11 Å². The second kappa shape index (κ2) is 6.74. The molecule has 0 aromatic heterocycles. The Bertz CT molecular complexity index is 442. The largest absolute Gasteiger partial charge is 0.493 e. The highest BCUT2D eigenvalue weighted by Crippen LogP contribution is 2.29. The molecule has 18 heavy (non-hydrogen) atoms. The molecule has 0 unspecified atom stereocenters. The van der Waals surface area contributed by atoms with E-state index in [9.17, 15) is 13.6 Å². The van der Waals surface area contributed by atoms with Crippen molar-refractivity contribution >= 4 is 5.78 Å². The lowest BCUT2D eigenvalue weighted by molar-refractivity contribution is -0.0512. The van der Waals surface area contributed by atoms with E-state index in [1.807, 2.05) is 6.92 Å². The molecule has 0 aliphatic rings. The molecule has 0 radical (unpaired) electrons. The number of carbonyl (C=O) groups excluding carboxylic acids is 1. The zero-order chi connectivity index (χ0) is 13.5. The Hall–Kier alpha value is -1.91. The highest BCUT2D eigenvalue weighted by molar-refractivity contribution is 6.04. The van der Waals surface area contributed by atoms with Crippen molar-refractivity contribution in [1.82, 2.24) is 0 Å². The van der Waals surface area contributed by atoms with Crippen LogP contribution < -0.4 is 9.47 Å². The molecule has 3 nitrogen and oxygen atoms in total. The van der Waals surface area contributed by atoms with E-state index in [1.165, 1.54) is 31.4 Å². The minimum Gasteiger partial charge on any atom is -0.493 e. The second-order valence-electron chi connectivity index (χ2n) is 3.42. The summed E-state index contributed by atoms with van der Waals surface area (Å²) >= 11 is 0. The molecule has 0 atom stereocenters. The average molecular weight is 256 g/mol. The highest BCUT2D eigenvalue weighted by atomic mass is 19.3. The van der Waals surface area contributed by atoms with Crippen molar-refractivity contribution < 1.29 is 23.0 Å². The summed E-state index contributed by atoms with van der Waals surface area (Å²) in [4.78, 5) is 11.7. The van der Waals surface area contributed by atoms with Crippen LogP contribution in [0.3, 0.4) is 0 Å². The monoisotopic (exact) mass is 256 g/mol. The second-order valence-corrected chi connectivity index (χ2v) is 3.42. The molecule has 5 heteroatoms. The molecule has 0 aliphatic carbocycles. The maximum atomic E-state index is 12.1. The van der Waals surface area contributed by atoms with Crippen LogP contribution in [0.4, 0.5) is 8.78 Å². The number of benzene rings is 1. The number of ketones is 1. The summed E-state index contributed by atoms with van der Waals surface area (Å²) in [6, 6.07) is 4.08. The Labute approximate surface area is 104 Å². The van der Waals surface area contributed by atoms with Gasteiger partial charge in [0.1, 0.15) is 0 Å². The predicted molar refractivity (Wildman–Crippen MR) is 63.4 cm³/mol. The van der Waals surface area contributed by atoms with Crippen LogP contribution in [0.2, 0.25) is 0 Å². The molecule has 1 aromatic carbocycles. The smallest absolute Gasteiger partial charge is 0.387 e. The van der Waals surface area contributed by atoms with E-state index in [0.29, 0.717) is 5.56 Å². The van der Waals surface area contributed by atoms with Gasteiger partial charge in [-0.2, -0.15) is 8.78 Å². The lowest BCUT2D eigenvalue weighted by atomic mass is 10.1. The first-order valence-electron chi connectivity index (χ1n) is 5.42. The van der Waals surface area contributed by atoms with Gasteiger partial charge >= 0.3 is 6.61 Å². The Morgan fingerprint density at radius 1 is 1.39 bits per heavy atom. The third-order valence-electron chi connectivity index (χ3n) is 2.17. The van der Waals surface area contributed by atoms with Gasteiger partial charge in [0.05, 0.1) is 7.11 Å². The summed E-state index contributed by atoms with van der Waals surface area (Å²) in [5.41, 5.74) is 0.359. The maximum absolute atomic E-state index is 12.1. The van der Waals surface area contributed by atoms with Crippen molar-refractivity contribution in [2.24, 2.45) is 0 Å². The molecule has 98 valence electrons. The lowest BCUT2D eigenvalue weighted by Crippen LogP contribution is -2.04. The van der Waals surface area contributed by atoms with E-state index < -0.39 is 6.61 Å². The molecule has 0 fully saturated rings. The normalized spacial score (nSPS) is 10.9. The number of allylic oxidation sites excluding steroid dienone is 2. The maximum Gasteiger partial charge on any atom is 0.387 e. The summed E-state index contributed by atoms with van der Waals surface area (Å²) in [5.74, 6) is -0.201. The van der Waals surface area contributed by atoms with Gasteiger partial charge in [0.25, 0.3) is 0 Å². The number of alkyl halides is 2. The van der Waals surface area contributed by atoms with Crippen molar-refractivity contribution in [1.29, 1.82) is 0 Å².